The van der Waals surface area contributed by atoms with Gasteiger partial charge in [0.25, 0.3) is 0 Å². The average Bonchev–Trinajstić information content (AvgIpc) is 3.03. The Balaban J connectivity index is 2.36. The zero-order chi connectivity index (χ0) is 15.1. The van der Waals surface area contributed by atoms with Crippen molar-refractivity contribution in [3.8, 4) is 5.88 Å². The second-order valence-corrected chi connectivity index (χ2v) is 5.59. The van der Waals surface area contributed by atoms with Gasteiger partial charge in [0.15, 0.2) is 5.78 Å². The van der Waals surface area contributed by atoms with Crippen LogP contribution in [0.5, 0.6) is 5.88 Å². The molecule has 0 spiro atoms. The van der Waals surface area contributed by atoms with Crippen LogP contribution in [-0.2, 0) is 0 Å². The van der Waals surface area contributed by atoms with Gasteiger partial charge in [-0.2, -0.15) is 11.3 Å². The molecule has 0 atom stereocenters. The lowest BCUT2D eigenvalue weighted by atomic mass is 10.0. The molecule has 0 aliphatic heterocycles. The van der Waals surface area contributed by atoms with Crippen molar-refractivity contribution in [2.24, 2.45) is 5.73 Å². The number of ketones is 1. The van der Waals surface area contributed by atoms with Crippen LogP contribution in [-0.4, -0.2) is 21.5 Å². The molecule has 5 nitrogen and oxygen atoms in total. The van der Waals surface area contributed by atoms with Crippen LogP contribution in [0, 0.1) is 0 Å². The van der Waals surface area contributed by atoms with E-state index in [0.717, 1.165) is 4.57 Å². The smallest absolute Gasteiger partial charge is 0.326 e. The summed E-state index contributed by atoms with van der Waals surface area (Å²) in [4.78, 5) is 24.1. The van der Waals surface area contributed by atoms with Crippen LogP contribution in [0.2, 0.25) is 5.02 Å². The SMILES string of the molecule is NC(=O)n1c(O)c(C(=O)c2ccsc2)c2cc(Cl)ccc21. The number of aromatic hydroxyl groups is 1. The molecular formula is C14H9ClN2O3S. The van der Waals surface area contributed by atoms with Crippen LogP contribution in [0.1, 0.15) is 15.9 Å². The molecule has 106 valence electrons. The summed E-state index contributed by atoms with van der Waals surface area (Å²) in [5.41, 5.74) is 6.06. The Morgan fingerprint density at radius 1 is 1.29 bits per heavy atom. The van der Waals surface area contributed by atoms with E-state index < -0.39 is 11.9 Å². The molecular weight excluding hydrogens is 312 g/mol. The minimum atomic E-state index is -0.871. The molecule has 0 aliphatic carbocycles. The molecule has 3 N–H and O–H groups in total. The zero-order valence-electron chi connectivity index (χ0n) is 10.5. The van der Waals surface area contributed by atoms with Gasteiger partial charge in [0.2, 0.25) is 5.88 Å². The first-order valence-corrected chi connectivity index (χ1v) is 7.22. The molecule has 3 aromatic rings. The van der Waals surface area contributed by atoms with Gasteiger partial charge in [0.05, 0.1) is 11.1 Å². The molecule has 0 bridgehead atoms. The first-order chi connectivity index (χ1) is 10.0. The van der Waals surface area contributed by atoms with Gasteiger partial charge in [-0.1, -0.05) is 11.6 Å². The van der Waals surface area contributed by atoms with Crippen molar-refractivity contribution in [2.75, 3.05) is 0 Å². The fraction of sp³-hybridized carbons (Fsp3) is 0. The lowest BCUT2D eigenvalue weighted by Crippen LogP contribution is -2.18. The monoisotopic (exact) mass is 320 g/mol. The van der Waals surface area contributed by atoms with E-state index in [1.807, 2.05) is 0 Å². The molecule has 1 aromatic carbocycles. The van der Waals surface area contributed by atoms with Crippen LogP contribution in [0.15, 0.2) is 35.0 Å². The Morgan fingerprint density at radius 3 is 2.67 bits per heavy atom. The van der Waals surface area contributed by atoms with E-state index in [4.69, 9.17) is 17.3 Å². The topological polar surface area (TPSA) is 85.3 Å². The van der Waals surface area contributed by atoms with E-state index in [0.29, 0.717) is 21.5 Å². The maximum Gasteiger partial charge on any atom is 0.326 e. The molecule has 3 rings (SSSR count). The molecule has 0 fully saturated rings. The summed E-state index contributed by atoms with van der Waals surface area (Å²) in [7, 11) is 0. The minimum absolute atomic E-state index is 0.0182. The van der Waals surface area contributed by atoms with Crippen molar-refractivity contribution in [3.05, 3.63) is 51.2 Å². The van der Waals surface area contributed by atoms with Gasteiger partial charge in [0, 0.05) is 21.4 Å². The average molecular weight is 321 g/mol. The number of halogens is 1. The number of carbonyl (C=O) groups excluding carboxylic acids is 2. The number of hydrogen-bond acceptors (Lipinski definition) is 4. The minimum Gasteiger partial charge on any atom is -0.494 e. The normalized spacial score (nSPS) is 10.9. The molecule has 2 heterocycles. The summed E-state index contributed by atoms with van der Waals surface area (Å²) in [6, 6.07) is 5.39. The number of carbonyl (C=O) groups is 2. The van der Waals surface area contributed by atoms with E-state index in [1.165, 1.54) is 23.5 Å². The Hall–Kier alpha value is -2.31. The Bertz CT molecular complexity index is 868. The standard InChI is InChI=1S/C14H9ClN2O3S/c15-8-1-2-10-9(5-8)11(13(19)17(10)14(16)20)12(18)7-3-4-21-6-7/h1-6,19H,(H2,16,20). The number of hydrogen-bond donors (Lipinski definition) is 2. The zero-order valence-corrected chi connectivity index (χ0v) is 12.1. The summed E-state index contributed by atoms with van der Waals surface area (Å²) >= 11 is 7.31. The Labute approximate surface area is 128 Å². The van der Waals surface area contributed by atoms with Gasteiger partial charge < -0.3 is 10.8 Å². The number of aromatic nitrogens is 1. The highest BCUT2D eigenvalue weighted by molar-refractivity contribution is 7.08. The lowest BCUT2D eigenvalue weighted by molar-refractivity contribution is 0.103. The van der Waals surface area contributed by atoms with Crippen molar-refractivity contribution in [2.45, 2.75) is 0 Å². The number of nitrogens with zero attached hydrogens (tertiary/aromatic N) is 1. The molecule has 0 saturated heterocycles. The highest BCUT2D eigenvalue weighted by atomic mass is 35.5. The molecule has 1 amide bonds. The molecule has 7 heteroatoms. The fourth-order valence-electron chi connectivity index (χ4n) is 2.23. The summed E-state index contributed by atoms with van der Waals surface area (Å²) in [6.07, 6.45) is 0. The third-order valence-corrected chi connectivity index (χ3v) is 4.05. The van der Waals surface area contributed by atoms with Crippen LogP contribution < -0.4 is 5.73 Å². The molecule has 0 saturated carbocycles. The second-order valence-electron chi connectivity index (χ2n) is 4.37. The first-order valence-electron chi connectivity index (χ1n) is 5.90. The number of fused-ring (bicyclic) bond motifs is 1. The predicted octanol–water partition coefficient (Wildman–Crippen LogP) is 3.22. The summed E-state index contributed by atoms with van der Waals surface area (Å²) in [5, 5.41) is 14.4. The van der Waals surface area contributed by atoms with E-state index in [2.05, 4.69) is 0 Å². The van der Waals surface area contributed by atoms with Crippen LogP contribution in [0.25, 0.3) is 10.9 Å². The first kappa shape index (κ1) is 13.7. The predicted molar refractivity (Wildman–Crippen MR) is 81.3 cm³/mol. The molecule has 0 aliphatic rings. The third-order valence-electron chi connectivity index (χ3n) is 3.14. The summed E-state index contributed by atoms with van der Waals surface area (Å²) in [5.74, 6) is -0.864. The van der Waals surface area contributed by atoms with Gasteiger partial charge in [-0.15, -0.1) is 0 Å². The number of amides is 1. The number of primary amides is 1. The third kappa shape index (κ3) is 2.09. The van der Waals surface area contributed by atoms with Crippen LogP contribution >= 0.6 is 22.9 Å². The van der Waals surface area contributed by atoms with Gasteiger partial charge >= 0.3 is 6.03 Å². The summed E-state index contributed by atoms with van der Waals surface area (Å²) in [6.45, 7) is 0. The number of nitrogens with two attached hydrogens (primary N) is 1. The fourth-order valence-corrected chi connectivity index (χ4v) is 3.04. The molecule has 21 heavy (non-hydrogen) atoms. The van der Waals surface area contributed by atoms with Crippen molar-refractivity contribution >= 4 is 45.7 Å². The van der Waals surface area contributed by atoms with Crippen LogP contribution in [0.4, 0.5) is 4.79 Å². The highest BCUT2D eigenvalue weighted by Gasteiger charge is 2.25. The van der Waals surface area contributed by atoms with Crippen LogP contribution in [0.3, 0.4) is 0 Å². The number of thiophene rings is 1. The quantitative estimate of drug-likeness (QED) is 0.711. The molecule has 0 radical (unpaired) electrons. The van der Waals surface area contributed by atoms with Crippen molar-refractivity contribution in [1.29, 1.82) is 0 Å². The number of benzene rings is 1. The van der Waals surface area contributed by atoms with E-state index >= 15 is 0 Å². The lowest BCUT2D eigenvalue weighted by Gasteiger charge is -2.00. The highest BCUT2D eigenvalue weighted by Crippen LogP contribution is 2.34. The van der Waals surface area contributed by atoms with Crippen molar-refractivity contribution in [3.63, 3.8) is 0 Å². The maximum absolute atomic E-state index is 12.5. The van der Waals surface area contributed by atoms with Crippen molar-refractivity contribution < 1.29 is 14.7 Å². The largest absolute Gasteiger partial charge is 0.494 e. The van der Waals surface area contributed by atoms with Gasteiger partial charge in [-0.25, -0.2) is 9.36 Å². The van der Waals surface area contributed by atoms with Gasteiger partial charge in [-0.05, 0) is 29.6 Å². The Kier molecular flexibility index (Phi) is 3.19. The second kappa shape index (κ2) is 4.91. The van der Waals surface area contributed by atoms with E-state index in [1.54, 1.807) is 22.9 Å². The van der Waals surface area contributed by atoms with Crippen molar-refractivity contribution in [1.82, 2.24) is 4.57 Å². The Morgan fingerprint density at radius 2 is 2.05 bits per heavy atom. The molecule has 2 aromatic heterocycles. The van der Waals surface area contributed by atoms with Gasteiger partial charge in [0.1, 0.15) is 0 Å². The van der Waals surface area contributed by atoms with Gasteiger partial charge in [-0.3, -0.25) is 4.79 Å². The maximum atomic E-state index is 12.5. The number of rotatable bonds is 2. The van der Waals surface area contributed by atoms with E-state index in [9.17, 15) is 14.7 Å². The molecule has 0 unspecified atom stereocenters. The summed E-state index contributed by atoms with van der Waals surface area (Å²) < 4.78 is 0.894. The van der Waals surface area contributed by atoms with E-state index in [-0.39, 0.29) is 11.3 Å².